The van der Waals surface area contributed by atoms with Crippen LogP contribution in [0.3, 0.4) is 0 Å². The summed E-state index contributed by atoms with van der Waals surface area (Å²) in [4.78, 5) is 1.37. The number of hydrogen-bond donors (Lipinski definition) is 0. The monoisotopic (exact) mass is 364 g/mol. The van der Waals surface area contributed by atoms with Crippen molar-refractivity contribution in [3.05, 3.63) is 87.1 Å². The van der Waals surface area contributed by atoms with Crippen molar-refractivity contribution in [3.63, 3.8) is 0 Å². The number of hydrogen-bond acceptors (Lipinski definition) is 1. The second kappa shape index (κ2) is 6.25. The van der Waals surface area contributed by atoms with Crippen molar-refractivity contribution in [2.45, 2.75) is 20.8 Å². The van der Waals surface area contributed by atoms with Crippen LogP contribution in [0.2, 0.25) is 0 Å². The van der Waals surface area contributed by atoms with E-state index < -0.39 is 0 Å². The highest BCUT2D eigenvalue weighted by Gasteiger charge is 2.31. The summed E-state index contributed by atoms with van der Waals surface area (Å²) in [6.45, 7) is 7.00. The van der Waals surface area contributed by atoms with Crippen molar-refractivity contribution in [1.82, 2.24) is 0 Å². The lowest BCUT2D eigenvalue weighted by Gasteiger charge is -2.22. The van der Waals surface area contributed by atoms with E-state index >= 15 is 0 Å². The van der Waals surface area contributed by atoms with E-state index in [9.17, 15) is 0 Å². The molecule has 0 unspecified atom stereocenters. The first-order valence-electron chi connectivity index (χ1n) is 9.48. The maximum atomic E-state index is 2.35. The smallest absolute Gasteiger partial charge is 0.145 e. The van der Waals surface area contributed by atoms with Gasteiger partial charge < -0.3 is 0 Å². The Morgan fingerprint density at radius 1 is 0.778 bits per heavy atom. The van der Waals surface area contributed by atoms with E-state index in [-0.39, 0.29) is 6.71 Å². The first kappa shape index (κ1) is 16.6. The summed E-state index contributed by atoms with van der Waals surface area (Å²) in [5, 5.41) is 4.88. The molecule has 130 valence electrons. The molecule has 0 amide bonds. The molecule has 0 bridgehead atoms. The Morgan fingerprint density at radius 3 is 2.37 bits per heavy atom. The van der Waals surface area contributed by atoms with Gasteiger partial charge in [-0.2, -0.15) is 0 Å². The van der Waals surface area contributed by atoms with Gasteiger partial charge in [0.25, 0.3) is 0 Å². The Kier molecular flexibility index (Phi) is 3.84. The minimum Gasteiger partial charge on any atom is -0.145 e. The van der Waals surface area contributed by atoms with Crippen LogP contribution in [0.4, 0.5) is 0 Å². The second-order valence-corrected chi connectivity index (χ2v) is 8.56. The van der Waals surface area contributed by atoms with Crippen molar-refractivity contribution in [1.29, 1.82) is 0 Å². The molecule has 1 aliphatic rings. The number of aryl methyl sites for hydroxylation is 3. The summed E-state index contributed by atoms with van der Waals surface area (Å²) < 4.78 is 0. The van der Waals surface area contributed by atoms with E-state index in [1.807, 2.05) is 11.3 Å². The number of rotatable bonds is 1. The predicted molar refractivity (Wildman–Crippen MR) is 123 cm³/mol. The highest BCUT2D eigenvalue weighted by molar-refractivity contribution is 7.14. The van der Waals surface area contributed by atoms with Gasteiger partial charge >= 0.3 is 0 Å². The number of fused-ring (bicyclic) bond motifs is 4. The summed E-state index contributed by atoms with van der Waals surface area (Å²) in [5.74, 6) is 0. The zero-order valence-electron chi connectivity index (χ0n) is 15.9. The molecule has 0 radical (unpaired) electrons. The molecule has 0 fully saturated rings. The molecule has 5 rings (SSSR count). The quantitative estimate of drug-likeness (QED) is 0.374. The number of thiophene rings is 1. The standard InChI is InChI=1S/C25H21BS/c1-16-14-17(2)25(18(3)15-16)26-22-10-8-19-6-4-5-7-20(19)21(22)9-11-24-23(26)12-13-27-24/h4-15H,1-3H3. The van der Waals surface area contributed by atoms with Gasteiger partial charge in [-0.15, -0.1) is 11.3 Å². The van der Waals surface area contributed by atoms with Gasteiger partial charge in [-0.25, -0.2) is 0 Å². The zero-order valence-corrected chi connectivity index (χ0v) is 16.7. The number of benzene rings is 3. The lowest BCUT2D eigenvalue weighted by atomic mass is 9.35. The maximum absolute atomic E-state index is 2.35. The van der Waals surface area contributed by atoms with Gasteiger partial charge in [-0.1, -0.05) is 93.8 Å². The minimum absolute atomic E-state index is 0.279. The summed E-state index contributed by atoms with van der Waals surface area (Å²) >= 11 is 1.84. The third kappa shape index (κ3) is 2.59. The minimum atomic E-state index is 0.279. The Bertz CT molecular complexity index is 1190. The summed E-state index contributed by atoms with van der Waals surface area (Å²) in [7, 11) is 0. The van der Waals surface area contributed by atoms with Crippen LogP contribution in [0.15, 0.2) is 60.0 Å². The lowest BCUT2D eigenvalue weighted by molar-refractivity contribution is 1.35. The van der Waals surface area contributed by atoms with Crippen molar-refractivity contribution in [2.24, 2.45) is 0 Å². The molecule has 2 heteroatoms. The van der Waals surface area contributed by atoms with Gasteiger partial charge in [0.1, 0.15) is 0 Å². The summed E-state index contributed by atoms with van der Waals surface area (Å²) in [5.41, 5.74) is 9.77. The third-order valence-electron chi connectivity index (χ3n) is 5.78. The van der Waals surface area contributed by atoms with Crippen LogP contribution in [-0.4, -0.2) is 6.71 Å². The Balaban J connectivity index is 1.88. The van der Waals surface area contributed by atoms with Crippen molar-refractivity contribution >= 4 is 57.4 Å². The van der Waals surface area contributed by atoms with Gasteiger partial charge in [0.05, 0.1) is 0 Å². The van der Waals surface area contributed by atoms with E-state index in [0.29, 0.717) is 0 Å². The largest absolute Gasteiger partial charge is 0.244 e. The molecule has 2 heterocycles. The van der Waals surface area contributed by atoms with Crippen LogP contribution in [0, 0.1) is 20.8 Å². The topological polar surface area (TPSA) is 0 Å². The molecule has 1 aromatic heterocycles. The van der Waals surface area contributed by atoms with Crippen LogP contribution in [-0.2, 0) is 0 Å². The molecule has 27 heavy (non-hydrogen) atoms. The van der Waals surface area contributed by atoms with Gasteiger partial charge in [-0.05, 0) is 48.6 Å². The molecule has 0 nitrogen and oxygen atoms in total. The zero-order chi connectivity index (χ0) is 18.5. The summed E-state index contributed by atoms with van der Waals surface area (Å²) in [6.07, 6.45) is 4.63. The molecule has 0 atom stereocenters. The van der Waals surface area contributed by atoms with Crippen LogP contribution in [0.25, 0.3) is 22.9 Å². The highest BCUT2D eigenvalue weighted by Crippen LogP contribution is 2.24. The fraction of sp³-hybridized carbons (Fsp3) is 0.120. The van der Waals surface area contributed by atoms with Crippen LogP contribution in [0.1, 0.15) is 27.1 Å². The Hall–Kier alpha value is -2.58. The van der Waals surface area contributed by atoms with E-state index in [1.165, 1.54) is 54.3 Å². The van der Waals surface area contributed by atoms with E-state index in [0.717, 1.165) is 0 Å². The van der Waals surface area contributed by atoms with E-state index in [2.05, 4.69) is 92.9 Å². The molecule has 1 aliphatic heterocycles. The molecule has 0 saturated heterocycles. The third-order valence-corrected chi connectivity index (χ3v) is 6.68. The molecule has 0 N–H and O–H groups in total. The normalized spacial score (nSPS) is 12.8. The van der Waals surface area contributed by atoms with Crippen LogP contribution >= 0.6 is 11.3 Å². The van der Waals surface area contributed by atoms with Crippen molar-refractivity contribution in [2.75, 3.05) is 0 Å². The van der Waals surface area contributed by atoms with E-state index in [1.54, 1.807) is 0 Å². The predicted octanol–water partition coefficient (Wildman–Crippen LogP) is 4.83. The Labute approximate surface area is 165 Å². The van der Waals surface area contributed by atoms with Gasteiger partial charge in [0.15, 0.2) is 0 Å². The molecule has 0 aliphatic carbocycles. The SMILES string of the molecule is Cc1cc(C)c(B2c3ccsc3C=Cc3c2ccc2ccccc32)c(C)c1. The fourth-order valence-electron chi connectivity index (χ4n) is 4.74. The molecule has 0 saturated carbocycles. The molecule has 4 aromatic rings. The van der Waals surface area contributed by atoms with Gasteiger partial charge in [0, 0.05) is 4.88 Å². The maximum Gasteiger partial charge on any atom is 0.244 e. The van der Waals surface area contributed by atoms with Crippen molar-refractivity contribution < 1.29 is 0 Å². The van der Waals surface area contributed by atoms with Crippen molar-refractivity contribution in [3.8, 4) is 0 Å². The molecular weight excluding hydrogens is 343 g/mol. The fourth-order valence-corrected chi connectivity index (χ4v) is 5.57. The highest BCUT2D eigenvalue weighted by atomic mass is 32.1. The molecular formula is C25H21BS. The average molecular weight is 364 g/mol. The molecule has 0 spiro atoms. The van der Waals surface area contributed by atoms with Crippen LogP contribution < -0.4 is 16.4 Å². The first-order chi connectivity index (χ1) is 13.1. The molecule has 3 aromatic carbocycles. The average Bonchev–Trinajstić information content (AvgIpc) is 3.05. The first-order valence-corrected chi connectivity index (χ1v) is 10.4. The Morgan fingerprint density at radius 2 is 1.56 bits per heavy atom. The van der Waals surface area contributed by atoms with Gasteiger partial charge in [-0.3, -0.25) is 0 Å². The lowest BCUT2D eigenvalue weighted by Crippen LogP contribution is -2.54. The van der Waals surface area contributed by atoms with Gasteiger partial charge in [0.2, 0.25) is 6.71 Å². The van der Waals surface area contributed by atoms with Crippen LogP contribution in [0.5, 0.6) is 0 Å². The summed E-state index contributed by atoms with van der Waals surface area (Å²) in [6, 6.07) is 20.3. The second-order valence-electron chi connectivity index (χ2n) is 7.61. The van der Waals surface area contributed by atoms with E-state index in [4.69, 9.17) is 0 Å².